The molecule has 10 rings (SSSR count). The number of pyridine rings is 2. The minimum atomic E-state index is -2.50. The Hall–Kier alpha value is -5.50. The largest absolute Gasteiger partial charge is 3.00 e. The summed E-state index contributed by atoms with van der Waals surface area (Å²) >= 11 is 1.76. The predicted octanol–water partition coefficient (Wildman–Crippen LogP) is 15.2. The van der Waals surface area contributed by atoms with Crippen molar-refractivity contribution in [3.05, 3.63) is 190 Å². The maximum Gasteiger partial charge on any atom is 3.00 e. The number of nitrogens with zero attached hydrogens (tertiary/aromatic N) is 4. The SMILES string of the molecule is Cc1cccc(C)c1-c1ccc2c(n1)sc1c(C3[N-]c4ccc5ccccc5c4N3Cc3ccccc3)[c-]ccc12.[2H]C([2H])([2H])c1cc[c-]c(-c2cc(C(C)(C)C)c([Si](C)(C)C)cn2)c1F.[Ir+3]. The third-order valence-electron chi connectivity index (χ3n) is 12.0. The Balaban J connectivity index is 0.000000203. The summed E-state index contributed by atoms with van der Waals surface area (Å²) < 4.78 is 38.5. The third kappa shape index (κ3) is 8.57. The molecule has 4 heterocycles. The van der Waals surface area contributed by atoms with Crippen LogP contribution in [0.25, 0.3) is 58.9 Å². The van der Waals surface area contributed by atoms with Gasteiger partial charge < -0.3 is 15.2 Å². The molecule has 9 aromatic rings. The average molecular weight is 1060 g/mol. The smallest absolute Gasteiger partial charge is 0.661 e. The van der Waals surface area contributed by atoms with Gasteiger partial charge in [0, 0.05) is 39.3 Å². The van der Waals surface area contributed by atoms with Crippen LogP contribution in [0.2, 0.25) is 19.6 Å². The first-order valence-corrected chi connectivity index (χ1v) is 25.8. The van der Waals surface area contributed by atoms with E-state index < -0.39 is 20.7 Å². The number of hydrogen-bond acceptors (Lipinski definition) is 4. The van der Waals surface area contributed by atoms with E-state index in [-0.39, 0.29) is 42.8 Å². The molecular formula is C56H52FIrN4SSi. The molecular weight excluding hydrogens is 1000 g/mol. The Morgan fingerprint density at radius 2 is 1.53 bits per heavy atom. The minimum absolute atomic E-state index is 0. The molecule has 322 valence electrons. The summed E-state index contributed by atoms with van der Waals surface area (Å²) in [7, 11) is -1.62. The normalized spacial score (nSPS) is 14.5. The summed E-state index contributed by atoms with van der Waals surface area (Å²) in [4.78, 5) is 13.2. The van der Waals surface area contributed by atoms with Crippen molar-refractivity contribution in [1.29, 1.82) is 0 Å². The first-order valence-electron chi connectivity index (χ1n) is 22.9. The molecule has 6 aromatic carbocycles. The number of aryl methyl sites for hydroxylation is 3. The van der Waals surface area contributed by atoms with Crippen LogP contribution in [-0.4, -0.2) is 18.0 Å². The Bertz CT molecular complexity index is 3270. The van der Waals surface area contributed by atoms with E-state index in [9.17, 15) is 4.39 Å². The fourth-order valence-electron chi connectivity index (χ4n) is 8.81. The number of fused-ring (bicyclic) bond motifs is 6. The second kappa shape index (κ2) is 17.8. The van der Waals surface area contributed by atoms with Crippen molar-refractivity contribution >= 4 is 67.0 Å². The molecule has 0 saturated carbocycles. The molecule has 0 fully saturated rings. The van der Waals surface area contributed by atoms with Crippen molar-refractivity contribution < 1.29 is 28.6 Å². The Labute approximate surface area is 400 Å². The number of rotatable bonds is 6. The third-order valence-corrected chi connectivity index (χ3v) is 15.1. The standard InChI is InChI=1S/C37H27N3S.C19H25FNSi.Ir/c1-23-10-8-11-24(2)33(23)31-21-19-29-28-16-9-17-30(35(28)41-37(29)39-31)36-38-32-20-18-26-14-6-7-15-27(26)34(32)40(36)22-25-12-4-3-5-13-25;1-13-9-8-10-14(18(13)20)16-11-15(19(2,3)4)17(12-21-16)22(5,6)7;/h3-16,18-21,36H,22H2,1-2H3;8-9,11-12H,1-7H3;/q-2;-1;+3/i;1D3;. The molecule has 1 atom stereocenters. The number of aromatic nitrogens is 2. The number of hydrogen-bond donors (Lipinski definition) is 0. The first kappa shape index (κ1) is 41.2. The number of anilines is 1. The summed E-state index contributed by atoms with van der Waals surface area (Å²) in [6.07, 6.45) is 1.66. The fourth-order valence-corrected chi connectivity index (χ4v) is 11.7. The number of thiophene rings is 1. The maximum absolute atomic E-state index is 14.8. The van der Waals surface area contributed by atoms with E-state index in [1.807, 2.05) is 12.3 Å². The molecule has 0 bridgehead atoms. The first-order chi connectivity index (χ1) is 31.4. The van der Waals surface area contributed by atoms with Crippen LogP contribution in [0.5, 0.6) is 0 Å². The van der Waals surface area contributed by atoms with Gasteiger partial charge >= 0.3 is 20.1 Å². The van der Waals surface area contributed by atoms with Crippen LogP contribution in [0.3, 0.4) is 0 Å². The van der Waals surface area contributed by atoms with E-state index in [1.54, 1.807) is 11.3 Å². The van der Waals surface area contributed by atoms with E-state index in [4.69, 9.17) is 14.4 Å². The molecule has 1 aliphatic rings. The molecule has 0 saturated heterocycles. The van der Waals surface area contributed by atoms with Gasteiger partial charge in [-0.15, -0.1) is 34.8 Å². The van der Waals surface area contributed by atoms with Gasteiger partial charge in [0.15, 0.2) is 0 Å². The molecule has 3 aromatic heterocycles. The Morgan fingerprint density at radius 1 is 0.797 bits per heavy atom. The van der Waals surface area contributed by atoms with Crippen LogP contribution in [0.4, 0.5) is 15.8 Å². The second-order valence-electron chi connectivity index (χ2n) is 18.5. The molecule has 0 amide bonds. The molecule has 8 heteroatoms. The van der Waals surface area contributed by atoms with E-state index in [0.29, 0.717) is 5.69 Å². The Morgan fingerprint density at radius 3 is 2.27 bits per heavy atom. The molecule has 1 unspecified atom stereocenters. The quantitative estimate of drug-likeness (QED) is 0.123. The van der Waals surface area contributed by atoms with Gasteiger partial charge in [-0.05, 0) is 75.4 Å². The average Bonchev–Trinajstić information content (AvgIpc) is 3.84. The summed E-state index contributed by atoms with van der Waals surface area (Å²) in [5, 5.41) is 11.4. The Kier molecular flexibility index (Phi) is 11.5. The zero-order valence-electron chi connectivity index (χ0n) is 40.4. The molecule has 0 N–H and O–H groups in total. The maximum atomic E-state index is 14.8. The molecule has 0 spiro atoms. The van der Waals surface area contributed by atoms with E-state index >= 15 is 0 Å². The molecule has 0 radical (unpaired) electrons. The van der Waals surface area contributed by atoms with E-state index in [2.05, 4.69) is 185 Å². The van der Waals surface area contributed by atoms with Crippen LogP contribution in [0, 0.1) is 38.6 Å². The van der Waals surface area contributed by atoms with E-state index in [1.165, 1.54) is 71.5 Å². The topological polar surface area (TPSA) is 43.1 Å². The summed E-state index contributed by atoms with van der Waals surface area (Å²) in [5.74, 6) is -0.768. The molecule has 4 nitrogen and oxygen atoms in total. The molecule has 0 aliphatic carbocycles. The molecule has 64 heavy (non-hydrogen) atoms. The van der Waals surface area contributed by atoms with Crippen LogP contribution >= 0.6 is 11.3 Å². The van der Waals surface area contributed by atoms with Gasteiger partial charge in [0.2, 0.25) is 0 Å². The van der Waals surface area contributed by atoms with Crippen LogP contribution < -0.4 is 10.1 Å². The summed E-state index contributed by atoms with van der Waals surface area (Å²) in [5.41, 5.74) is 10.6. The van der Waals surface area contributed by atoms with Gasteiger partial charge in [-0.3, -0.25) is 4.39 Å². The van der Waals surface area contributed by atoms with Crippen LogP contribution in [0.15, 0.2) is 134 Å². The van der Waals surface area contributed by atoms with Crippen LogP contribution in [0.1, 0.15) is 64.4 Å². The zero-order chi connectivity index (χ0) is 46.7. The molecule has 1 aliphatic heterocycles. The summed E-state index contributed by atoms with van der Waals surface area (Å²) in [6.45, 7) is 15.7. The number of benzene rings is 6. The second-order valence-corrected chi connectivity index (χ2v) is 24.6. The van der Waals surface area contributed by atoms with Crippen molar-refractivity contribution in [1.82, 2.24) is 9.97 Å². The number of halogens is 1. The van der Waals surface area contributed by atoms with Gasteiger partial charge in [-0.2, -0.15) is 29.5 Å². The minimum Gasteiger partial charge on any atom is -0.661 e. The summed E-state index contributed by atoms with van der Waals surface area (Å²) in [6, 6.07) is 49.8. The van der Waals surface area contributed by atoms with E-state index in [0.717, 1.165) is 33.9 Å². The predicted molar refractivity (Wildman–Crippen MR) is 268 cm³/mol. The van der Waals surface area contributed by atoms with Gasteiger partial charge in [-0.25, -0.2) is 4.98 Å². The van der Waals surface area contributed by atoms with Gasteiger partial charge in [-0.1, -0.05) is 160 Å². The van der Waals surface area contributed by atoms with Crippen molar-refractivity contribution in [3.8, 4) is 22.5 Å². The zero-order valence-corrected chi connectivity index (χ0v) is 41.6. The fraction of sp³-hybridized carbons (Fsp3) is 0.214. The van der Waals surface area contributed by atoms with Crippen molar-refractivity contribution in [2.75, 3.05) is 4.90 Å². The van der Waals surface area contributed by atoms with Crippen molar-refractivity contribution in [2.45, 2.75) is 79.2 Å². The van der Waals surface area contributed by atoms with Crippen molar-refractivity contribution in [3.63, 3.8) is 0 Å². The van der Waals surface area contributed by atoms with Gasteiger partial charge in [0.25, 0.3) is 0 Å². The monoisotopic (exact) mass is 1060 g/mol. The van der Waals surface area contributed by atoms with Crippen molar-refractivity contribution in [2.24, 2.45) is 0 Å². The van der Waals surface area contributed by atoms with Gasteiger partial charge in [0.05, 0.1) is 13.8 Å². The van der Waals surface area contributed by atoms with Crippen LogP contribution in [-0.2, 0) is 32.1 Å². The van der Waals surface area contributed by atoms with Gasteiger partial charge in [0.1, 0.15) is 4.83 Å².